The summed E-state index contributed by atoms with van der Waals surface area (Å²) in [4.78, 5) is 0. The van der Waals surface area contributed by atoms with Gasteiger partial charge in [0.05, 0.1) is 18.0 Å². The van der Waals surface area contributed by atoms with Crippen molar-refractivity contribution in [2.75, 3.05) is 30.8 Å². The molecule has 1 aromatic carbocycles. The molecule has 0 aliphatic carbocycles. The second kappa shape index (κ2) is 7.24. The molecule has 0 aromatic heterocycles. The summed E-state index contributed by atoms with van der Waals surface area (Å²) in [6.45, 7) is 7.92. The highest BCUT2D eigenvalue weighted by molar-refractivity contribution is 5.72. The number of anilines is 2. The van der Waals surface area contributed by atoms with Crippen molar-refractivity contribution in [3.05, 3.63) is 18.2 Å². The maximum absolute atomic E-state index is 9.02. The number of ether oxygens (including phenoxy) is 1. The molecule has 4 heteroatoms. The lowest BCUT2D eigenvalue weighted by Crippen LogP contribution is -2.24. The summed E-state index contributed by atoms with van der Waals surface area (Å²) in [6, 6.07) is 5.76. The molecule has 19 heavy (non-hydrogen) atoms. The van der Waals surface area contributed by atoms with E-state index in [1.807, 2.05) is 18.2 Å². The minimum absolute atomic E-state index is 0.0292. The Hall–Kier alpha value is -1.42. The molecule has 0 atom stereocenters. The predicted molar refractivity (Wildman–Crippen MR) is 80.6 cm³/mol. The third-order valence-electron chi connectivity index (χ3n) is 3.07. The average molecular weight is 266 g/mol. The topological polar surface area (TPSA) is 67.5 Å². The monoisotopic (exact) mass is 266 g/mol. The van der Waals surface area contributed by atoms with Crippen LogP contribution in [0.1, 0.15) is 33.6 Å². The molecule has 0 unspecified atom stereocenters. The summed E-state index contributed by atoms with van der Waals surface area (Å²) in [7, 11) is 0. The van der Waals surface area contributed by atoms with Gasteiger partial charge < -0.3 is 20.9 Å². The van der Waals surface area contributed by atoms with Crippen LogP contribution in [0.5, 0.6) is 5.75 Å². The summed E-state index contributed by atoms with van der Waals surface area (Å²) < 4.78 is 5.60. The Labute approximate surface area is 116 Å². The van der Waals surface area contributed by atoms with Crippen molar-refractivity contribution in [3.8, 4) is 5.75 Å². The number of nitrogens with two attached hydrogens (primary N) is 1. The van der Waals surface area contributed by atoms with Gasteiger partial charge in [-0.05, 0) is 30.4 Å². The number of aliphatic hydroxyl groups excluding tert-OH is 1. The van der Waals surface area contributed by atoms with Crippen LogP contribution in [0.2, 0.25) is 0 Å². The number of benzene rings is 1. The first-order chi connectivity index (χ1) is 9.00. The Bertz CT molecular complexity index is 392. The van der Waals surface area contributed by atoms with Crippen LogP contribution in [0.25, 0.3) is 0 Å². The zero-order chi connectivity index (χ0) is 14.3. The van der Waals surface area contributed by atoms with Crippen LogP contribution in [0.15, 0.2) is 18.2 Å². The lowest BCUT2D eigenvalue weighted by Gasteiger charge is -2.25. The van der Waals surface area contributed by atoms with E-state index in [2.05, 4.69) is 26.1 Å². The van der Waals surface area contributed by atoms with Gasteiger partial charge >= 0.3 is 0 Å². The van der Waals surface area contributed by atoms with E-state index in [1.165, 1.54) is 0 Å². The first-order valence-electron chi connectivity index (χ1n) is 6.86. The number of rotatable bonds is 8. The van der Waals surface area contributed by atoms with Crippen molar-refractivity contribution in [3.63, 3.8) is 0 Å². The Balaban J connectivity index is 2.68. The molecule has 0 amide bonds. The van der Waals surface area contributed by atoms with Gasteiger partial charge in [-0.15, -0.1) is 0 Å². The second-order valence-electron chi connectivity index (χ2n) is 5.56. The Kier molecular flexibility index (Phi) is 5.96. The molecule has 108 valence electrons. The van der Waals surface area contributed by atoms with E-state index in [9.17, 15) is 0 Å². The van der Waals surface area contributed by atoms with Gasteiger partial charge in [-0.3, -0.25) is 0 Å². The standard InChI is InChI=1S/C15H26N2O2/c1-4-10-19-13-7-5-6-12(14(13)16)17-11-15(2,3)8-9-18/h5-7,17-18H,4,8-11,16H2,1-3H3. The summed E-state index contributed by atoms with van der Waals surface area (Å²) in [5.41, 5.74) is 7.66. The number of para-hydroxylation sites is 1. The van der Waals surface area contributed by atoms with Crippen LogP contribution in [0, 0.1) is 5.41 Å². The number of hydrogen-bond acceptors (Lipinski definition) is 4. The van der Waals surface area contributed by atoms with Gasteiger partial charge in [-0.2, -0.15) is 0 Å². The Morgan fingerprint density at radius 1 is 1.37 bits per heavy atom. The van der Waals surface area contributed by atoms with Crippen molar-refractivity contribution in [2.24, 2.45) is 5.41 Å². The number of nitrogens with one attached hydrogen (secondary N) is 1. The van der Waals surface area contributed by atoms with Gasteiger partial charge in [0.15, 0.2) is 0 Å². The van der Waals surface area contributed by atoms with E-state index in [-0.39, 0.29) is 12.0 Å². The molecule has 0 heterocycles. The molecular formula is C15H26N2O2. The first kappa shape index (κ1) is 15.6. The van der Waals surface area contributed by atoms with Crippen LogP contribution < -0.4 is 15.8 Å². The zero-order valence-corrected chi connectivity index (χ0v) is 12.2. The largest absolute Gasteiger partial charge is 0.491 e. The summed E-state index contributed by atoms with van der Waals surface area (Å²) in [6.07, 6.45) is 1.71. The van der Waals surface area contributed by atoms with E-state index in [4.69, 9.17) is 15.6 Å². The first-order valence-corrected chi connectivity index (χ1v) is 6.86. The molecule has 4 N–H and O–H groups in total. The molecule has 4 nitrogen and oxygen atoms in total. The second-order valence-corrected chi connectivity index (χ2v) is 5.56. The Morgan fingerprint density at radius 2 is 2.11 bits per heavy atom. The fourth-order valence-electron chi connectivity index (χ4n) is 1.76. The van der Waals surface area contributed by atoms with Gasteiger partial charge in [-0.25, -0.2) is 0 Å². The van der Waals surface area contributed by atoms with Crippen LogP contribution in [-0.4, -0.2) is 24.9 Å². The van der Waals surface area contributed by atoms with Gasteiger partial charge in [0.2, 0.25) is 0 Å². The van der Waals surface area contributed by atoms with Gasteiger partial charge in [0.25, 0.3) is 0 Å². The van der Waals surface area contributed by atoms with E-state index >= 15 is 0 Å². The van der Waals surface area contributed by atoms with Gasteiger partial charge in [-0.1, -0.05) is 26.8 Å². The molecular weight excluding hydrogens is 240 g/mol. The number of nitrogen functional groups attached to an aromatic ring is 1. The fraction of sp³-hybridized carbons (Fsp3) is 0.600. The van der Waals surface area contributed by atoms with Gasteiger partial charge in [0.1, 0.15) is 5.75 Å². The lowest BCUT2D eigenvalue weighted by atomic mass is 9.89. The third-order valence-corrected chi connectivity index (χ3v) is 3.07. The summed E-state index contributed by atoms with van der Waals surface area (Å²) >= 11 is 0. The zero-order valence-electron chi connectivity index (χ0n) is 12.2. The molecule has 0 bridgehead atoms. The third kappa shape index (κ3) is 4.99. The maximum Gasteiger partial charge on any atom is 0.144 e. The summed E-state index contributed by atoms with van der Waals surface area (Å²) in [5.74, 6) is 0.729. The molecule has 0 saturated heterocycles. The smallest absolute Gasteiger partial charge is 0.144 e. The highest BCUT2D eigenvalue weighted by atomic mass is 16.5. The van der Waals surface area contributed by atoms with Crippen molar-refractivity contribution in [1.82, 2.24) is 0 Å². The van der Waals surface area contributed by atoms with Crippen LogP contribution >= 0.6 is 0 Å². The molecule has 0 radical (unpaired) electrons. The minimum Gasteiger partial charge on any atom is -0.491 e. The highest BCUT2D eigenvalue weighted by Gasteiger charge is 2.17. The maximum atomic E-state index is 9.02. The van der Waals surface area contributed by atoms with E-state index < -0.39 is 0 Å². The predicted octanol–water partition coefficient (Wildman–Crippen LogP) is 2.88. The van der Waals surface area contributed by atoms with E-state index in [0.29, 0.717) is 12.3 Å². The molecule has 0 aliphatic heterocycles. The Morgan fingerprint density at radius 3 is 2.74 bits per heavy atom. The van der Waals surface area contributed by atoms with Crippen molar-refractivity contribution in [1.29, 1.82) is 0 Å². The number of hydrogen-bond donors (Lipinski definition) is 3. The van der Waals surface area contributed by atoms with Crippen molar-refractivity contribution < 1.29 is 9.84 Å². The molecule has 0 saturated carbocycles. The van der Waals surface area contributed by atoms with Crippen LogP contribution in [-0.2, 0) is 0 Å². The normalized spacial score (nSPS) is 11.4. The molecule has 0 aliphatic rings. The quantitative estimate of drug-likeness (QED) is 0.633. The minimum atomic E-state index is 0.0292. The molecule has 1 rings (SSSR count). The fourth-order valence-corrected chi connectivity index (χ4v) is 1.76. The molecule has 1 aromatic rings. The SMILES string of the molecule is CCCOc1cccc(NCC(C)(C)CCO)c1N. The van der Waals surface area contributed by atoms with E-state index in [0.717, 1.165) is 30.8 Å². The molecule has 0 spiro atoms. The average Bonchev–Trinajstić information content (AvgIpc) is 2.36. The summed E-state index contributed by atoms with van der Waals surface area (Å²) in [5, 5.41) is 12.4. The number of aliphatic hydroxyl groups is 1. The van der Waals surface area contributed by atoms with Crippen LogP contribution in [0.4, 0.5) is 11.4 Å². The molecule has 0 fully saturated rings. The highest BCUT2D eigenvalue weighted by Crippen LogP contribution is 2.30. The van der Waals surface area contributed by atoms with E-state index in [1.54, 1.807) is 0 Å². The van der Waals surface area contributed by atoms with Gasteiger partial charge in [0, 0.05) is 13.2 Å². The van der Waals surface area contributed by atoms with Crippen molar-refractivity contribution >= 4 is 11.4 Å². The van der Waals surface area contributed by atoms with Crippen LogP contribution in [0.3, 0.4) is 0 Å². The van der Waals surface area contributed by atoms with Crippen molar-refractivity contribution in [2.45, 2.75) is 33.6 Å². The lowest BCUT2D eigenvalue weighted by molar-refractivity contribution is 0.220.